The van der Waals surface area contributed by atoms with Crippen molar-refractivity contribution in [3.05, 3.63) is 55.1 Å². The van der Waals surface area contributed by atoms with E-state index in [0.29, 0.717) is 12.2 Å². The predicted molar refractivity (Wildman–Crippen MR) is 129 cm³/mol. The summed E-state index contributed by atoms with van der Waals surface area (Å²) < 4.78 is 1.99. The molecule has 0 radical (unpaired) electrons. The Morgan fingerprint density at radius 3 is 2.67 bits per heavy atom. The van der Waals surface area contributed by atoms with Crippen LogP contribution in [0.3, 0.4) is 0 Å². The lowest BCUT2D eigenvalue weighted by atomic mass is 9.97. The summed E-state index contributed by atoms with van der Waals surface area (Å²) in [6.45, 7) is 9.28. The average molecular weight is 447 g/mol. The van der Waals surface area contributed by atoms with E-state index in [4.69, 9.17) is 0 Å². The van der Waals surface area contributed by atoms with Crippen LogP contribution in [0, 0.1) is 0 Å². The summed E-state index contributed by atoms with van der Waals surface area (Å²) in [7, 11) is 2.17. The third kappa shape index (κ3) is 4.54. The van der Waals surface area contributed by atoms with Crippen LogP contribution in [0.15, 0.2) is 49.3 Å². The molecular weight excluding hydrogens is 416 g/mol. The molecule has 4 heterocycles. The van der Waals surface area contributed by atoms with Gasteiger partial charge in [-0.3, -0.25) is 9.20 Å². The van der Waals surface area contributed by atoms with Gasteiger partial charge in [0, 0.05) is 56.6 Å². The van der Waals surface area contributed by atoms with E-state index >= 15 is 0 Å². The van der Waals surface area contributed by atoms with Gasteiger partial charge in [0.2, 0.25) is 5.91 Å². The first-order valence-corrected chi connectivity index (χ1v) is 11.5. The number of aromatic nitrogens is 4. The highest BCUT2D eigenvalue weighted by Crippen LogP contribution is 2.27. The number of nitrogens with zero attached hydrogens (tertiary/aromatic N) is 7. The van der Waals surface area contributed by atoms with Crippen molar-refractivity contribution in [1.29, 1.82) is 0 Å². The standard InChI is InChI=1S/C24H30N8O/c1-3-23(33)31-10-4-5-18(16-31)24-28-27-22-15-25-21(17-32(22)24)26-19-6-8-20(9-7-19)30-13-11-29(2)12-14-30/h3,6-9,15,17-18,26H,1,4-5,10-14,16H2,2H3. The maximum absolute atomic E-state index is 12.1. The van der Waals surface area contributed by atoms with E-state index < -0.39 is 0 Å². The van der Waals surface area contributed by atoms with Crippen LogP contribution in [0.25, 0.3) is 5.65 Å². The zero-order chi connectivity index (χ0) is 22.8. The van der Waals surface area contributed by atoms with Crippen molar-refractivity contribution in [1.82, 2.24) is 29.4 Å². The summed E-state index contributed by atoms with van der Waals surface area (Å²) in [5.74, 6) is 1.70. The summed E-state index contributed by atoms with van der Waals surface area (Å²) in [6, 6.07) is 8.49. The number of carbonyl (C=O) groups is 1. The normalized spacial score (nSPS) is 19.6. The minimum absolute atomic E-state index is 0.0300. The van der Waals surface area contributed by atoms with Gasteiger partial charge in [-0.25, -0.2) is 4.98 Å². The number of piperidine rings is 1. The fraction of sp³-hybridized carbons (Fsp3) is 0.417. The highest BCUT2D eigenvalue weighted by Gasteiger charge is 2.27. The van der Waals surface area contributed by atoms with Crippen molar-refractivity contribution < 1.29 is 4.79 Å². The van der Waals surface area contributed by atoms with Crippen molar-refractivity contribution in [3.63, 3.8) is 0 Å². The predicted octanol–water partition coefficient (Wildman–Crippen LogP) is 2.51. The summed E-state index contributed by atoms with van der Waals surface area (Å²) in [5, 5.41) is 12.1. The Balaban J connectivity index is 1.31. The lowest BCUT2D eigenvalue weighted by Crippen LogP contribution is -2.44. The molecule has 33 heavy (non-hydrogen) atoms. The summed E-state index contributed by atoms with van der Waals surface area (Å²) in [6.07, 6.45) is 6.96. The highest BCUT2D eigenvalue weighted by atomic mass is 16.2. The maximum atomic E-state index is 12.1. The van der Waals surface area contributed by atoms with Crippen LogP contribution in [0.2, 0.25) is 0 Å². The molecule has 2 saturated heterocycles. The summed E-state index contributed by atoms with van der Waals surface area (Å²) in [5.41, 5.74) is 2.93. The Bertz CT molecular complexity index is 1130. The largest absolute Gasteiger partial charge is 0.369 e. The number of amides is 1. The van der Waals surface area contributed by atoms with Gasteiger partial charge in [0.15, 0.2) is 5.65 Å². The molecule has 0 aliphatic carbocycles. The molecule has 9 heteroatoms. The molecule has 5 rings (SSSR count). The minimum atomic E-state index is -0.0300. The number of benzene rings is 1. The van der Waals surface area contributed by atoms with Gasteiger partial charge in [-0.05, 0) is 50.2 Å². The fourth-order valence-electron chi connectivity index (χ4n) is 4.65. The SMILES string of the molecule is C=CC(=O)N1CCCC(c2nnc3cnc(Nc4ccc(N5CCN(C)CC5)cc4)cn23)C1. The second-order valence-electron chi connectivity index (χ2n) is 8.85. The molecule has 1 N–H and O–H groups in total. The van der Waals surface area contributed by atoms with Gasteiger partial charge in [-0.1, -0.05) is 6.58 Å². The van der Waals surface area contributed by atoms with E-state index in [1.807, 2.05) is 15.5 Å². The van der Waals surface area contributed by atoms with E-state index in [9.17, 15) is 4.79 Å². The molecule has 1 atom stereocenters. The van der Waals surface area contributed by atoms with Gasteiger partial charge in [-0.15, -0.1) is 10.2 Å². The molecule has 0 saturated carbocycles. The number of nitrogens with one attached hydrogen (secondary N) is 1. The van der Waals surface area contributed by atoms with E-state index in [1.54, 1.807) is 6.20 Å². The molecule has 0 bridgehead atoms. The first-order chi connectivity index (χ1) is 16.1. The quantitative estimate of drug-likeness (QED) is 0.603. The molecule has 172 valence electrons. The van der Waals surface area contributed by atoms with Crippen LogP contribution >= 0.6 is 0 Å². The second-order valence-corrected chi connectivity index (χ2v) is 8.85. The minimum Gasteiger partial charge on any atom is -0.369 e. The number of likely N-dealkylation sites (N-methyl/N-ethyl adjacent to an activating group) is 1. The molecular formula is C24H30N8O. The third-order valence-corrected chi connectivity index (χ3v) is 6.60. The van der Waals surface area contributed by atoms with E-state index in [-0.39, 0.29) is 11.8 Å². The van der Waals surface area contributed by atoms with Crippen LogP contribution in [0.5, 0.6) is 0 Å². The molecule has 9 nitrogen and oxygen atoms in total. The summed E-state index contributed by atoms with van der Waals surface area (Å²) in [4.78, 5) is 23.2. The van der Waals surface area contributed by atoms with Gasteiger partial charge in [0.05, 0.1) is 12.4 Å². The monoisotopic (exact) mass is 446 g/mol. The topological polar surface area (TPSA) is 81.9 Å². The molecule has 2 aromatic heterocycles. The zero-order valence-corrected chi connectivity index (χ0v) is 19.0. The van der Waals surface area contributed by atoms with Crippen molar-refractivity contribution in [3.8, 4) is 0 Å². The number of hydrogen-bond donors (Lipinski definition) is 1. The van der Waals surface area contributed by atoms with Gasteiger partial charge >= 0.3 is 0 Å². The van der Waals surface area contributed by atoms with Crippen molar-refractivity contribution in [2.45, 2.75) is 18.8 Å². The van der Waals surface area contributed by atoms with Gasteiger partial charge < -0.3 is 20.0 Å². The van der Waals surface area contributed by atoms with Crippen LogP contribution in [0.4, 0.5) is 17.2 Å². The Hall–Kier alpha value is -3.46. The molecule has 2 aliphatic heterocycles. The lowest BCUT2D eigenvalue weighted by molar-refractivity contribution is -0.127. The lowest BCUT2D eigenvalue weighted by Gasteiger charge is -2.34. The Morgan fingerprint density at radius 1 is 1.12 bits per heavy atom. The van der Waals surface area contributed by atoms with Crippen LogP contribution in [-0.2, 0) is 4.79 Å². The van der Waals surface area contributed by atoms with E-state index in [2.05, 4.69) is 68.2 Å². The van der Waals surface area contributed by atoms with Gasteiger partial charge in [0.1, 0.15) is 11.6 Å². The number of rotatable bonds is 5. The smallest absolute Gasteiger partial charge is 0.245 e. The van der Waals surface area contributed by atoms with Gasteiger partial charge in [-0.2, -0.15) is 0 Å². The molecule has 1 aromatic carbocycles. The molecule has 1 unspecified atom stereocenters. The first kappa shape index (κ1) is 21.4. The molecule has 2 fully saturated rings. The van der Waals surface area contributed by atoms with E-state index in [0.717, 1.165) is 62.9 Å². The second kappa shape index (κ2) is 9.19. The van der Waals surface area contributed by atoms with Crippen LogP contribution < -0.4 is 10.2 Å². The fourth-order valence-corrected chi connectivity index (χ4v) is 4.65. The average Bonchev–Trinajstić information content (AvgIpc) is 3.28. The number of fused-ring (bicyclic) bond motifs is 1. The Morgan fingerprint density at radius 2 is 1.91 bits per heavy atom. The highest BCUT2D eigenvalue weighted by molar-refractivity contribution is 5.87. The molecule has 0 spiro atoms. The zero-order valence-electron chi connectivity index (χ0n) is 19.0. The number of anilines is 3. The van der Waals surface area contributed by atoms with Crippen molar-refractivity contribution in [2.75, 3.05) is 56.5 Å². The number of likely N-dealkylation sites (tertiary alicyclic amines) is 1. The van der Waals surface area contributed by atoms with Gasteiger partial charge in [0.25, 0.3) is 0 Å². The first-order valence-electron chi connectivity index (χ1n) is 11.5. The molecule has 1 amide bonds. The summed E-state index contributed by atoms with van der Waals surface area (Å²) >= 11 is 0. The maximum Gasteiger partial charge on any atom is 0.245 e. The number of piperazine rings is 1. The third-order valence-electron chi connectivity index (χ3n) is 6.60. The van der Waals surface area contributed by atoms with Crippen LogP contribution in [-0.4, -0.2) is 81.6 Å². The Kier molecular flexibility index (Phi) is 5.95. The number of hydrogen-bond acceptors (Lipinski definition) is 7. The van der Waals surface area contributed by atoms with Crippen molar-refractivity contribution in [2.24, 2.45) is 0 Å². The molecule has 2 aliphatic rings. The molecule has 3 aromatic rings. The number of carbonyl (C=O) groups excluding carboxylic acids is 1. The van der Waals surface area contributed by atoms with Crippen molar-refractivity contribution >= 4 is 28.7 Å². The van der Waals surface area contributed by atoms with Crippen LogP contribution in [0.1, 0.15) is 24.6 Å². The van der Waals surface area contributed by atoms with E-state index in [1.165, 1.54) is 11.8 Å². The Labute approximate surface area is 193 Å².